The SMILES string of the molecule is CC(C)c1ccc(-c2nn(C)c(N)c2C=O)cc1. The lowest BCUT2D eigenvalue weighted by molar-refractivity contribution is 0.112. The molecule has 1 heterocycles. The highest BCUT2D eigenvalue weighted by Gasteiger charge is 2.14. The van der Waals surface area contributed by atoms with Gasteiger partial charge < -0.3 is 5.73 Å². The number of hydrogen-bond acceptors (Lipinski definition) is 3. The van der Waals surface area contributed by atoms with Crippen LogP contribution in [0.3, 0.4) is 0 Å². The fourth-order valence-electron chi connectivity index (χ4n) is 1.91. The second-order valence-electron chi connectivity index (χ2n) is 4.67. The molecule has 0 spiro atoms. The van der Waals surface area contributed by atoms with Crippen LogP contribution in [0.15, 0.2) is 24.3 Å². The van der Waals surface area contributed by atoms with Crippen LogP contribution in [-0.4, -0.2) is 16.1 Å². The molecule has 1 aromatic carbocycles. The van der Waals surface area contributed by atoms with Crippen molar-refractivity contribution in [2.45, 2.75) is 19.8 Å². The molecule has 0 atom stereocenters. The minimum atomic E-state index is 0.396. The molecule has 0 saturated heterocycles. The molecule has 4 nitrogen and oxygen atoms in total. The van der Waals surface area contributed by atoms with Crippen molar-refractivity contribution in [3.05, 3.63) is 35.4 Å². The van der Waals surface area contributed by atoms with E-state index in [1.165, 1.54) is 10.2 Å². The Bertz CT molecular complexity index is 567. The third-order valence-corrected chi connectivity index (χ3v) is 3.10. The standard InChI is InChI=1S/C14H17N3O/c1-9(2)10-4-6-11(7-5-10)13-12(8-18)14(15)17(3)16-13/h4-9H,15H2,1-3H3. The minimum Gasteiger partial charge on any atom is -0.383 e. The number of nitrogens with zero attached hydrogens (tertiary/aromatic N) is 2. The van der Waals surface area contributed by atoms with Crippen LogP contribution in [0.1, 0.15) is 35.7 Å². The number of aromatic nitrogens is 2. The Hall–Kier alpha value is -2.10. The van der Waals surface area contributed by atoms with Gasteiger partial charge in [0.05, 0.1) is 5.56 Å². The first-order chi connectivity index (χ1) is 8.54. The van der Waals surface area contributed by atoms with Gasteiger partial charge in [-0.1, -0.05) is 38.1 Å². The van der Waals surface area contributed by atoms with E-state index < -0.39 is 0 Å². The van der Waals surface area contributed by atoms with Crippen LogP contribution in [0.4, 0.5) is 5.82 Å². The first kappa shape index (κ1) is 12.4. The largest absolute Gasteiger partial charge is 0.383 e. The van der Waals surface area contributed by atoms with Crippen LogP contribution in [0, 0.1) is 0 Å². The number of carbonyl (C=O) groups is 1. The van der Waals surface area contributed by atoms with E-state index in [2.05, 4.69) is 31.1 Å². The molecule has 0 amide bonds. The zero-order valence-corrected chi connectivity index (χ0v) is 10.8. The Morgan fingerprint density at radius 3 is 2.39 bits per heavy atom. The van der Waals surface area contributed by atoms with Crippen LogP contribution in [0.25, 0.3) is 11.3 Å². The van der Waals surface area contributed by atoms with Crippen molar-refractivity contribution in [1.29, 1.82) is 0 Å². The Kier molecular flexibility index (Phi) is 3.19. The van der Waals surface area contributed by atoms with E-state index in [1.807, 2.05) is 12.1 Å². The second kappa shape index (κ2) is 4.64. The van der Waals surface area contributed by atoms with Crippen molar-refractivity contribution in [3.8, 4) is 11.3 Å². The fourth-order valence-corrected chi connectivity index (χ4v) is 1.91. The number of benzene rings is 1. The van der Waals surface area contributed by atoms with Crippen LogP contribution in [-0.2, 0) is 7.05 Å². The van der Waals surface area contributed by atoms with E-state index in [0.29, 0.717) is 23.0 Å². The number of anilines is 1. The Labute approximate surface area is 106 Å². The molecule has 94 valence electrons. The highest BCUT2D eigenvalue weighted by molar-refractivity contribution is 5.91. The van der Waals surface area contributed by atoms with Gasteiger partial charge in [-0.05, 0) is 11.5 Å². The summed E-state index contributed by atoms with van der Waals surface area (Å²) in [6.07, 6.45) is 0.758. The van der Waals surface area contributed by atoms with Crippen molar-refractivity contribution < 1.29 is 4.79 Å². The Morgan fingerprint density at radius 1 is 1.28 bits per heavy atom. The van der Waals surface area contributed by atoms with Gasteiger partial charge in [-0.2, -0.15) is 5.10 Å². The summed E-state index contributed by atoms with van der Waals surface area (Å²) in [5.41, 5.74) is 9.06. The van der Waals surface area contributed by atoms with Gasteiger partial charge in [0, 0.05) is 12.6 Å². The highest BCUT2D eigenvalue weighted by atomic mass is 16.1. The zero-order chi connectivity index (χ0) is 13.3. The van der Waals surface area contributed by atoms with Crippen molar-refractivity contribution in [2.24, 2.45) is 7.05 Å². The first-order valence-electron chi connectivity index (χ1n) is 5.92. The molecular weight excluding hydrogens is 226 g/mol. The topological polar surface area (TPSA) is 60.9 Å². The Morgan fingerprint density at radius 2 is 1.89 bits per heavy atom. The Balaban J connectivity index is 2.49. The predicted molar refractivity (Wildman–Crippen MR) is 72.5 cm³/mol. The molecule has 0 fully saturated rings. The summed E-state index contributed by atoms with van der Waals surface area (Å²) in [4.78, 5) is 11.1. The maximum Gasteiger partial charge on any atom is 0.156 e. The van der Waals surface area contributed by atoms with Crippen LogP contribution in [0.2, 0.25) is 0 Å². The van der Waals surface area contributed by atoms with E-state index >= 15 is 0 Å². The van der Waals surface area contributed by atoms with Gasteiger partial charge in [-0.15, -0.1) is 0 Å². The molecule has 0 radical (unpaired) electrons. The molecule has 2 N–H and O–H groups in total. The molecule has 2 rings (SSSR count). The van der Waals surface area contributed by atoms with E-state index in [1.54, 1.807) is 7.05 Å². The van der Waals surface area contributed by atoms with E-state index in [9.17, 15) is 4.79 Å². The normalized spacial score (nSPS) is 10.9. The number of nitrogen functional groups attached to an aromatic ring is 1. The molecule has 1 aromatic heterocycles. The van der Waals surface area contributed by atoms with Gasteiger partial charge >= 0.3 is 0 Å². The quantitative estimate of drug-likeness (QED) is 0.843. The highest BCUT2D eigenvalue weighted by Crippen LogP contribution is 2.26. The van der Waals surface area contributed by atoms with E-state index in [0.717, 1.165) is 11.8 Å². The zero-order valence-electron chi connectivity index (χ0n) is 10.8. The summed E-state index contributed by atoms with van der Waals surface area (Å²) in [6, 6.07) is 8.06. The maximum absolute atomic E-state index is 11.1. The third kappa shape index (κ3) is 2.01. The molecule has 18 heavy (non-hydrogen) atoms. The van der Waals surface area contributed by atoms with E-state index in [4.69, 9.17) is 5.73 Å². The summed E-state index contributed by atoms with van der Waals surface area (Å²) in [5, 5.41) is 4.29. The summed E-state index contributed by atoms with van der Waals surface area (Å²) >= 11 is 0. The van der Waals surface area contributed by atoms with Crippen molar-refractivity contribution >= 4 is 12.1 Å². The summed E-state index contributed by atoms with van der Waals surface area (Å²) in [6.45, 7) is 4.29. The lowest BCUT2D eigenvalue weighted by Crippen LogP contribution is -1.98. The molecule has 0 saturated carbocycles. The van der Waals surface area contributed by atoms with Gasteiger partial charge in [0.1, 0.15) is 11.5 Å². The average molecular weight is 243 g/mol. The lowest BCUT2D eigenvalue weighted by atomic mass is 10.00. The maximum atomic E-state index is 11.1. The number of rotatable bonds is 3. The summed E-state index contributed by atoms with van der Waals surface area (Å²) < 4.78 is 1.52. The molecule has 0 aliphatic rings. The average Bonchev–Trinajstić information content (AvgIpc) is 2.65. The first-order valence-corrected chi connectivity index (χ1v) is 5.92. The monoisotopic (exact) mass is 243 g/mol. The fraction of sp³-hybridized carbons (Fsp3) is 0.286. The number of hydrogen-bond donors (Lipinski definition) is 1. The number of carbonyl (C=O) groups excluding carboxylic acids is 1. The summed E-state index contributed by atoms with van der Waals surface area (Å²) in [5.74, 6) is 0.881. The van der Waals surface area contributed by atoms with Crippen molar-refractivity contribution in [2.75, 3.05) is 5.73 Å². The smallest absolute Gasteiger partial charge is 0.156 e. The minimum absolute atomic E-state index is 0.396. The summed E-state index contributed by atoms with van der Waals surface area (Å²) in [7, 11) is 1.73. The second-order valence-corrected chi connectivity index (χ2v) is 4.67. The molecule has 4 heteroatoms. The molecular formula is C14H17N3O. The van der Waals surface area contributed by atoms with Crippen molar-refractivity contribution in [1.82, 2.24) is 9.78 Å². The number of nitrogens with two attached hydrogens (primary N) is 1. The van der Waals surface area contributed by atoms with Gasteiger partial charge in [0.25, 0.3) is 0 Å². The molecule has 0 bridgehead atoms. The van der Waals surface area contributed by atoms with Gasteiger partial charge in [-0.3, -0.25) is 9.48 Å². The van der Waals surface area contributed by atoms with Gasteiger partial charge in [0.2, 0.25) is 0 Å². The molecule has 0 unspecified atom stereocenters. The number of aldehydes is 1. The van der Waals surface area contributed by atoms with Crippen LogP contribution in [0.5, 0.6) is 0 Å². The van der Waals surface area contributed by atoms with Crippen LogP contribution >= 0.6 is 0 Å². The third-order valence-electron chi connectivity index (χ3n) is 3.10. The van der Waals surface area contributed by atoms with Gasteiger partial charge in [-0.25, -0.2) is 0 Å². The molecule has 0 aliphatic carbocycles. The van der Waals surface area contributed by atoms with Gasteiger partial charge in [0.15, 0.2) is 6.29 Å². The van der Waals surface area contributed by atoms with Crippen LogP contribution < -0.4 is 5.73 Å². The molecule has 2 aromatic rings. The van der Waals surface area contributed by atoms with Crippen molar-refractivity contribution in [3.63, 3.8) is 0 Å². The lowest BCUT2D eigenvalue weighted by Gasteiger charge is -2.05. The number of aryl methyl sites for hydroxylation is 1. The predicted octanol–water partition coefficient (Wildman–Crippen LogP) is 2.61. The van der Waals surface area contributed by atoms with E-state index in [-0.39, 0.29) is 0 Å². The molecule has 0 aliphatic heterocycles.